The van der Waals surface area contributed by atoms with E-state index < -0.39 is 0 Å². The van der Waals surface area contributed by atoms with Gasteiger partial charge in [-0.2, -0.15) is 0 Å². The van der Waals surface area contributed by atoms with Gasteiger partial charge >= 0.3 is 0 Å². The van der Waals surface area contributed by atoms with Crippen LogP contribution in [-0.4, -0.2) is 49.7 Å². The van der Waals surface area contributed by atoms with Crippen LogP contribution in [0.1, 0.15) is 31.7 Å². The van der Waals surface area contributed by atoms with Crippen LogP contribution in [0.2, 0.25) is 0 Å². The number of hydrogen-bond acceptors (Lipinski definition) is 3. The average molecular weight is 334 g/mol. The number of morpholine rings is 1. The Morgan fingerprint density at radius 1 is 1.42 bits per heavy atom. The summed E-state index contributed by atoms with van der Waals surface area (Å²) in [5, 5.41) is 2.99. The molecule has 24 heavy (non-hydrogen) atoms. The van der Waals surface area contributed by atoms with Crippen molar-refractivity contribution in [1.29, 1.82) is 0 Å². The predicted octanol–water partition coefficient (Wildman–Crippen LogP) is 2.40. The van der Waals surface area contributed by atoms with Gasteiger partial charge in [0, 0.05) is 32.1 Å². The summed E-state index contributed by atoms with van der Waals surface area (Å²) in [5.41, 5.74) is 0.662. The smallest absolute Gasteiger partial charge is 0.223 e. The third-order valence-electron chi connectivity index (χ3n) is 4.78. The molecule has 132 valence electrons. The largest absolute Gasteiger partial charge is 0.374 e. The van der Waals surface area contributed by atoms with Crippen LogP contribution < -0.4 is 5.32 Å². The van der Waals surface area contributed by atoms with E-state index in [2.05, 4.69) is 24.1 Å². The molecule has 1 aliphatic carbocycles. The summed E-state index contributed by atoms with van der Waals surface area (Å²) in [6, 6.07) is 6.74. The lowest BCUT2D eigenvalue weighted by molar-refractivity contribution is -0.123. The lowest BCUT2D eigenvalue weighted by Crippen LogP contribution is -2.48. The van der Waals surface area contributed by atoms with Gasteiger partial charge < -0.3 is 10.1 Å². The van der Waals surface area contributed by atoms with Crippen molar-refractivity contribution in [2.45, 2.75) is 32.3 Å². The molecule has 1 N–H and O–H groups in total. The minimum absolute atomic E-state index is 0.0211. The number of carbonyl (C=O) groups excluding carboxylic acids is 1. The molecule has 3 atom stereocenters. The number of rotatable bonds is 6. The van der Waals surface area contributed by atoms with Gasteiger partial charge in [0.15, 0.2) is 0 Å². The molecule has 5 heteroatoms. The molecule has 1 aliphatic heterocycles. The molecule has 1 aromatic rings. The van der Waals surface area contributed by atoms with E-state index in [1.807, 2.05) is 6.07 Å². The molecule has 3 unspecified atom stereocenters. The number of ether oxygens (including phenoxy) is 1. The van der Waals surface area contributed by atoms with Crippen LogP contribution in [0.3, 0.4) is 0 Å². The van der Waals surface area contributed by atoms with Crippen molar-refractivity contribution in [2.24, 2.45) is 11.8 Å². The Labute approximate surface area is 143 Å². The second kappa shape index (κ2) is 7.62. The van der Waals surface area contributed by atoms with Crippen molar-refractivity contribution in [2.75, 3.05) is 32.8 Å². The maximum Gasteiger partial charge on any atom is 0.223 e. The molecular weight excluding hydrogens is 307 g/mol. The summed E-state index contributed by atoms with van der Waals surface area (Å²) in [5.74, 6) is 0.366. The van der Waals surface area contributed by atoms with Gasteiger partial charge in [-0.1, -0.05) is 32.0 Å². The van der Waals surface area contributed by atoms with E-state index in [-0.39, 0.29) is 29.7 Å². The van der Waals surface area contributed by atoms with E-state index in [0.29, 0.717) is 24.6 Å². The normalized spacial score (nSPS) is 27.2. The van der Waals surface area contributed by atoms with Crippen molar-refractivity contribution < 1.29 is 13.9 Å². The molecule has 0 spiro atoms. The first-order chi connectivity index (χ1) is 11.5. The first kappa shape index (κ1) is 17.4. The summed E-state index contributed by atoms with van der Waals surface area (Å²) < 4.78 is 19.5. The monoisotopic (exact) mass is 334 g/mol. The van der Waals surface area contributed by atoms with Gasteiger partial charge in [0.25, 0.3) is 0 Å². The summed E-state index contributed by atoms with van der Waals surface area (Å²) in [6.45, 7) is 8.55. The third-order valence-corrected chi connectivity index (χ3v) is 4.78. The number of amides is 1. The van der Waals surface area contributed by atoms with E-state index in [9.17, 15) is 9.18 Å². The van der Waals surface area contributed by atoms with Crippen LogP contribution in [-0.2, 0) is 9.53 Å². The summed E-state index contributed by atoms with van der Waals surface area (Å²) in [6.07, 6.45) is 0.782. The van der Waals surface area contributed by atoms with E-state index in [1.165, 1.54) is 6.07 Å². The Balaban J connectivity index is 1.44. The summed E-state index contributed by atoms with van der Waals surface area (Å²) in [4.78, 5) is 14.7. The van der Waals surface area contributed by atoms with Crippen molar-refractivity contribution >= 4 is 5.91 Å². The highest BCUT2D eigenvalue weighted by molar-refractivity contribution is 5.82. The van der Waals surface area contributed by atoms with E-state index in [4.69, 9.17) is 4.74 Å². The lowest BCUT2D eigenvalue weighted by Gasteiger charge is -2.34. The van der Waals surface area contributed by atoms with Gasteiger partial charge in [-0.05, 0) is 29.9 Å². The lowest BCUT2D eigenvalue weighted by atomic mass is 10.1. The highest BCUT2D eigenvalue weighted by Gasteiger charge is 2.45. The van der Waals surface area contributed by atoms with Gasteiger partial charge in [-0.15, -0.1) is 0 Å². The number of nitrogens with one attached hydrogen (secondary N) is 1. The Morgan fingerprint density at radius 2 is 2.21 bits per heavy atom. The van der Waals surface area contributed by atoms with Gasteiger partial charge in [-0.3, -0.25) is 9.69 Å². The molecule has 1 saturated carbocycles. The SMILES string of the molecule is CC(C)CN1CCOC(CNC(=O)C2CC2c2ccccc2F)C1. The number of benzene rings is 1. The second-order valence-electron chi connectivity index (χ2n) is 7.36. The maximum atomic E-state index is 13.8. The Kier molecular flexibility index (Phi) is 5.51. The maximum absolute atomic E-state index is 13.8. The molecule has 3 rings (SSSR count). The van der Waals surface area contributed by atoms with Crippen molar-refractivity contribution in [3.8, 4) is 0 Å². The average Bonchev–Trinajstić information content (AvgIpc) is 3.33. The topological polar surface area (TPSA) is 41.6 Å². The van der Waals surface area contributed by atoms with Gasteiger partial charge in [0.2, 0.25) is 5.91 Å². The standard InChI is InChI=1S/C19H27FN2O2/c1-13(2)11-22-7-8-24-14(12-22)10-21-19(23)17-9-16(17)15-5-3-4-6-18(15)20/h3-6,13-14,16-17H,7-12H2,1-2H3,(H,21,23). The molecule has 1 saturated heterocycles. The van der Waals surface area contributed by atoms with Crippen LogP contribution in [0.25, 0.3) is 0 Å². The number of hydrogen-bond donors (Lipinski definition) is 1. The van der Waals surface area contributed by atoms with E-state index >= 15 is 0 Å². The Morgan fingerprint density at radius 3 is 2.96 bits per heavy atom. The number of carbonyl (C=O) groups is 1. The van der Waals surface area contributed by atoms with E-state index in [0.717, 1.165) is 26.1 Å². The zero-order valence-corrected chi connectivity index (χ0v) is 14.5. The fraction of sp³-hybridized carbons (Fsp3) is 0.632. The van der Waals surface area contributed by atoms with Crippen LogP contribution in [0.4, 0.5) is 4.39 Å². The zero-order chi connectivity index (χ0) is 17.1. The third kappa shape index (κ3) is 4.33. The van der Waals surface area contributed by atoms with Crippen molar-refractivity contribution in [3.63, 3.8) is 0 Å². The Hall–Kier alpha value is -1.46. The van der Waals surface area contributed by atoms with Crippen molar-refractivity contribution in [3.05, 3.63) is 35.6 Å². The zero-order valence-electron chi connectivity index (χ0n) is 14.5. The highest BCUT2D eigenvalue weighted by atomic mass is 19.1. The quantitative estimate of drug-likeness (QED) is 0.869. The number of halogens is 1. The molecule has 0 aromatic heterocycles. The molecule has 0 bridgehead atoms. The number of nitrogens with zero attached hydrogens (tertiary/aromatic N) is 1. The fourth-order valence-electron chi connectivity index (χ4n) is 3.54. The summed E-state index contributed by atoms with van der Waals surface area (Å²) >= 11 is 0. The van der Waals surface area contributed by atoms with Gasteiger partial charge in [-0.25, -0.2) is 4.39 Å². The first-order valence-corrected chi connectivity index (χ1v) is 8.90. The molecular formula is C19H27FN2O2. The second-order valence-corrected chi connectivity index (χ2v) is 7.36. The minimum Gasteiger partial charge on any atom is -0.374 e. The van der Waals surface area contributed by atoms with Crippen LogP contribution in [0.5, 0.6) is 0 Å². The van der Waals surface area contributed by atoms with Crippen LogP contribution in [0.15, 0.2) is 24.3 Å². The van der Waals surface area contributed by atoms with Crippen LogP contribution >= 0.6 is 0 Å². The molecule has 1 amide bonds. The van der Waals surface area contributed by atoms with Crippen LogP contribution in [0, 0.1) is 17.7 Å². The molecule has 0 radical (unpaired) electrons. The van der Waals surface area contributed by atoms with E-state index in [1.54, 1.807) is 12.1 Å². The molecule has 4 nitrogen and oxygen atoms in total. The molecule has 1 heterocycles. The first-order valence-electron chi connectivity index (χ1n) is 8.90. The predicted molar refractivity (Wildman–Crippen MR) is 91.3 cm³/mol. The fourth-order valence-corrected chi connectivity index (χ4v) is 3.54. The van der Waals surface area contributed by atoms with Crippen molar-refractivity contribution in [1.82, 2.24) is 10.2 Å². The van der Waals surface area contributed by atoms with Gasteiger partial charge in [0.1, 0.15) is 5.82 Å². The Bertz CT molecular complexity index is 578. The van der Waals surface area contributed by atoms with Gasteiger partial charge in [0.05, 0.1) is 12.7 Å². The minimum atomic E-state index is -0.210. The molecule has 1 aromatic carbocycles. The molecule has 2 fully saturated rings. The summed E-state index contributed by atoms with van der Waals surface area (Å²) in [7, 11) is 0. The highest BCUT2D eigenvalue weighted by Crippen LogP contribution is 2.48. The molecule has 2 aliphatic rings.